The molecule has 0 bridgehead atoms. The van der Waals surface area contributed by atoms with Crippen molar-refractivity contribution in [2.45, 2.75) is 19.4 Å². The lowest BCUT2D eigenvalue weighted by Gasteiger charge is -2.09. The lowest BCUT2D eigenvalue weighted by atomic mass is 10.2. The highest BCUT2D eigenvalue weighted by atomic mass is 16.4. The van der Waals surface area contributed by atoms with E-state index in [-0.39, 0.29) is 18.2 Å². The van der Waals surface area contributed by atoms with Crippen molar-refractivity contribution in [2.75, 3.05) is 6.54 Å². The van der Waals surface area contributed by atoms with Crippen LogP contribution in [-0.4, -0.2) is 23.7 Å². The topological polar surface area (TPSA) is 49.3 Å². The van der Waals surface area contributed by atoms with Gasteiger partial charge < -0.3 is 10.4 Å². The van der Waals surface area contributed by atoms with Gasteiger partial charge in [0, 0.05) is 24.6 Å². The fourth-order valence-electron chi connectivity index (χ4n) is 0.622. The van der Waals surface area contributed by atoms with Crippen LogP contribution in [0, 0.1) is 12.3 Å². The molecule has 0 rings (SSSR count). The standard InChI is InChI=1S/C9H13NO2/c1-4-5-8(3)10-6-7(2)9(11)12/h1,8,10H,2,5-6H2,3H3,(H,11,12). The van der Waals surface area contributed by atoms with Gasteiger partial charge in [-0.1, -0.05) is 6.58 Å². The lowest BCUT2D eigenvalue weighted by molar-refractivity contribution is -0.132. The van der Waals surface area contributed by atoms with Crippen LogP contribution in [0.15, 0.2) is 12.2 Å². The Morgan fingerprint density at radius 3 is 2.83 bits per heavy atom. The Hall–Kier alpha value is -1.27. The number of nitrogens with one attached hydrogen (secondary N) is 1. The normalized spacial score (nSPS) is 11.7. The molecule has 0 aliphatic carbocycles. The van der Waals surface area contributed by atoms with Crippen LogP contribution < -0.4 is 5.32 Å². The maximum absolute atomic E-state index is 10.3. The molecule has 1 atom stereocenters. The minimum atomic E-state index is -0.976. The number of rotatable bonds is 5. The highest BCUT2D eigenvalue weighted by Gasteiger charge is 2.04. The maximum atomic E-state index is 10.3. The monoisotopic (exact) mass is 167 g/mol. The van der Waals surface area contributed by atoms with Gasteiger partial charge >= 0.3 is 5.97 Å². The highest BCUT2D eigenvalue weighted by molar-refractivity contribution is 5.86. The first-order valence-corrected chi connectivity index (χ1v) is 3.65. The van der Waals surface area contributed by atoms with E-state index in [1.807, 2.05) is 6.92 Å². The third kappa shape index (κ3) is 4.53. The summed E-state index contributed by atoms with van der Waals surface area (Å²) in [6.07, 6.45) is 5.66. The van der Waals surface area contributed by atoms with Crippen LogP contribution in [0.3, 0.4) is 0 Å². The number of aliphatic carboxylic acids is 1. The van der Waals surface area contributed by atoms with Gasteiger partial charge in [0.15, 0.2) is 0 Å². The molecule has 0 aliphatic heterocycles. The van der Waals surface area contributed by atoms with E-state index in [1.54, 1.807) is 0 Å². The quantitative estimate of drug-likeness (QED) is 0.466. The maximum Gasteiger partial charge on any atom is 0.332 e. The first-order chi connectivity index (χ1) is 5.57. The number of carboxylic acid groups (broad SMARTS) is 1. The van der Waals surface area contributed by atoms with Crippen molar-refractivity contribution in [3.8, 4) is 12.3 Å². The molecule has 0 fully saturated rings. The van der Waals surface area contributed by atoms with Gasteiger partial charge in [0.2, 0.25) is 0 Å². The Kier molecular flexibility index (Phi) is 4.82. The zero-order chi connectivity index (χ0) is 9.56. The second-order valence-corrected chi connectivity index (χ2v) is 2.60. The molecular weight excluding hydrogens is 154 g/mol. The lowest BCUT2D eigenvalue weighted by Crippen LogP contribution is -2.29. The third-order valence-corrected chi connectivity index (χ3v) is 1.39. The molecule has 0 aliphatic rings. The summed E-state index contributed by atoms with van der Waals surface area (Å²) in [7, 11) is 0. The van der Waals surface area contributed by atoms with Gasteiger partial charge in [-0.25, -0.2) is 4.79 Å². The van der Waals surface area contributed by atoms with Crippen LogP contribution in [0.5, 0.6) is 0 Å². The molecule has 2 N–H and O–H groups in total. The summed E-state index contributed by atoms with van der Waals surface area (Å²) in [4.78, 5) is 10.3. The molecule has 0 spiro atoms. The second kappa shape index (κ2) is 5.39. The van der Waals surface area contributed by atoms with Crippen molar-refractivity contribution in [2.24, 2.45) is 0 Å². The SMILES string of the molecule is C#CCC(C)NCC(=C)C(=O)O. The van der Waals surface area contributed by atoms with E-state index in [9.17, 15) is 4.79 Å². The van der Waals surface area contributed by atoms with Crippen molar-refractivity contribution in [3.63, 3.8) is 0 Å². The molecule has 0 aromatic heterocycles. The fraction of sp³-hybridized carbons (Fsp3) is 0.444. The van der Waals surface area contributed by atoms with E-state index in [2.05, 4.69) is 17.8 Å². The number of terminal acetylenes is 1. The molecule has 0 aromatic rings. The summed E-state index contributed by atoms with van der Waals surface area (Å²) in [5.74, 6) is 1.50. The molecule has 12 heavy (non-hydrogen) atoms. The second-order valence-electron chi connectivity index (χ2n) is 2.60. The van der Waals surface area contributed by atoms with Crippen molar-refractivity contribution in [1.82, 2.24) is 5.32 Å². The molecule has 0 heterocycles. The summed E-state index contributed by atoms with van der Waals surface area (Å²) in [6, 6.07) is 0.131. The first kappa shape index (κ1) is 10.7. The van der Waals surface area contributed by atoms with Crippen molar-refractivity contribution in [3.05, 3.63) is 12.2 Å². The minimum absolute atomic E-state index is 0.131. The molecule has 0 saturated carbocycles. The molecule has 1 unspecified atom stereocenters. The Bertz CT molecular complexity index is 215. The Labute approximate surface area is 72.5 Å². The van der Waals surface area contributed by atoms with Crippen LogP contribution in [0.2, 0.25) is 0 Å². The Morgan fingerprint density at radius 2 is 2.42 bits per heavy atom. The molecular formula is C9H13NO2. The first-order valence-electron chi connectivity index (χ1n) is 3.65. The molecule has 0 saturated heterocycles. The predicted molar refractivity (Wildman–Crippen MR) is 47.7 cm³/mol. The summed E-state index contributed by atoms with van der Waals surface area (Å²) in [6.45, 7) is 5.55. The molecule has 3 heteroatoms. The van der Waals surface area contributed by atoms with Crippen LogP contribution in [0.4, 0.5) is 0 Å². The zero-order valence-corrected chi connectivity index (χ0v) is 7.13. The van der Waals surface area contributed by atoms with Gasteiger partial charge in [-0.05, 0) is 6.92 Å². The Balaban J connectivity index is 3.63. The van der Waals surface area contributed by atoms with Crippen LogP contribution in [0.25, 0.3) is 0 Å². The summed E-state index contributed by atoms with van der Waals surface area (Å²) in [5, 5.41) is 11.4. The van der Waals surface area contributed by atoms with Gasteiger partial charge in [-0.3, -0.25) is 0 Å². The van der Waals surface area contributed by atoms with Gasteiger partial charge in [-0.2, -0.15) is 0 Å². The largest absolute Gasteiger partial charge is 0.478 e. The van der Waals surface area contributed by atoms with Crippen LogP contribution in [-0.2, 0) is 4.79 Å². The van der Waals surface area contributed by atoms with E-state index < -0.39 is 5.97 Å². The van der Waals surface area contributed by atoms with Gasteiger partial charge in [0.05, 0.1) is 0 Å². The van der Waals surface area contributed by atoms with E-state index >= 15 is 0 Å². The Morgan fingerprint density at radius 1 is 1.83 bits per heavy atom. The number of carboxylic acids is 1. The molecule has 0 amide bonds. The fourth-order valence-corrected chi connectivity index (χ4v) is 0.622. The number of hydrogen-bond acceptors (Lipinski definition) is 2. The highest BCUT2D eigenvalue weighted by Crippen LogP contribution is 1.91. The van der Waals surface area contributed by atoms with E-state index in [1.165, 1.54) is 0 Å². The van der Waals surface area contributed by atoms with E-state index in [4.69, 9.17) is 11.5 Å². The smallest absolute Gasteiger partial charge is 0.332 e. The summed E-state index contributed by atoms with van der Waals surface area (Å²) >= 11 is 0. The molecule has 3 nitrogen and oxygen atoms in total. The number of carbonyl (C=O) groups is 1. The minimum Gasteiger partial charge on any atom is -0.478 e. The van der Waals surface area contributed by atoms with Crippen LogP contribution in [0.1, 0.15) is 13.3 Å². The van der Waals surface area contributed by atoms with E-state index in [0.29, 0.717) is 6.42 Å². The average molecular weight is 167 g/mol. The van der Waals surface area contributed by atoms with Crippen LogP contribution >= 0.6 is 0 Å². The molecule has 0 radical (unpaired) electrons. The van der Waals surface area contributed by atoms with E-state index in [0.717, 1.165) is 0 Å². The van der Waals surface area contributed by atoms with Crippen molar-refractivity contribution >= 4 is 5.97 Å². The zero-order valence-electron chi connectivity index (χ0n) is 7.13. The van der Waals surface area contributed by atoms with Crippen molar-refractivity contribution in [1.29, 1.82) is 0 Å². The summed E-state index contributed by atoms with van der Waals surface area (Å²) < 4.78 is 0. The van der Waals surface area contributed by atoms with Crippen molar-refractivity contribution < 1.29 is 9.90 Å². The van der Waals surface area contributed by atoms with Gasteiger partial charge in [0.25, 0.3) is 0 Å². The summed E-state index contributed by atoms with van der Waals surface area (Å²) in [5.41, 5.74) is 0.152. The third-order valence-electron chi connectivity index (χ3n) is 1.39. The molecule has 66 valence electrons. The number of hydrogen-bond donors (Lipinski definition) is 2. The molecule has 0 aromatic carbocycles. The van der Waals surface area contributed by atoms with Gasteiger partial charge in [0.1, 0.15) is 0 Å². The average Bonchev–Trinajstić information content (AvgIpc) is 2.00. The van der Waals surface area contributed by atoms with Gasteiger partial charge in [-0.15, -0.1) is 12.3 Å². The predicted octanol–water partition coefficient (Wildman–Crippen LogP) is 0.629.